The van der Waals surface area contributed by atoms with E-state index < -0.39 is 0 Å². The van der Waals surface area contributed by atoms with E-state index in [1.165, 1.54) is 0 Å². The first kappa shape index (κ1) is 13.2. The van der Waals surface area contributed by atoms with E-state index in [1.807, 2.05) is 35.3 Å². The van der Waals surface area contributed by atoms with E-state index in [2.05, 4.69) is 25.0 Å². The van der Waals surface area contributed by atoms with E-state index >= 15 is 0 Å². The Bertz CT molecular complexity index is 608. The number of aromatic nitrogens is 2. The van der Waals surface area contributed by atoms with Crippen LogP contribution in [0.3, 0.4) is 0 Å². The molecule has 0 aliphatic carbocycles. The number of rotatable bonds is 4. The van der Waals surface area contributed by atoms with Crippen molar-refractivity contribution in [2.24, 2.45) is 0 Å². The molecule has 2 aromatic rings. The van der Waals surface area contributed by atoms with Crippen molar-refractivity contribution in [1.29, 1.82) is 5.26 Å². The first-order valence-corrected chi connectivity index (χ1v) is 6.24. The van der Waals surface area contributed by atoms with Gasteiger partial charge >= 0.3 is 0 Å². The first-order valence-electron chi connectivity index (χ1n) is 6.24. The topological polar surface area (TPSA) is 50.8 Å². The van der Waals surface area contributed by atoms with Crippen molar-refractivity contribution in [3.63, 3.8) is 0 Å². The summed E-state index contributed by atoms with van der Waals surface area (Å²) in [7, 11) is 1.62. The van der Waals surface area contributed by atoms with Crippen molar-refractivity contribution in [1.82, 2.24) is 9.78 Å². The van der Waals surface area contributed by atoms with Gasteiger partial charge in [-0.2, -0.15) is 10.4 Å². The highest BCUT2D eigenvalue weighted by Gasteiger charge is 2.08. The molecule has 19 heavy (non-hydrogen) atoms. The molecular weight excluding hydrogens is 238 g/mol. The Labute approximate surface area is 113 Å². The molecule has 0 N–H and O–H groups in total. The lowest BCUT2D eigenvalue weighted by Crippen LogP contribution is -1.99. The molecule has 0 radical (unpaired) electrons. The Hall–Kier alpha value is -2.28. The van der Waals surface area contributed by atoms with E-state index in [1.54, 1.807) is 7.11 Å². The average molecular weight is 255 g/mol. The van der Waals surface area contributed by atoms with Gasteiger partial charge in [0.15, 0.2) is 0 Å². The number of methoxy groups -OCH3 is 1. The summed E-state index contributed by atoms with van der Waals surface area (Å²) in [5.41, 5.74) is 3.01. The molecule has 2 rings (SSSR count). The second kappa shape index (κ2) is 5.57. The third kappa shape index (κ3) is 2.76. The lowest BCUT2D eigenvalue weighted by molar-refractivity contribution is 0.411. The molecule has 0 spiro atoms. The SMILES string of the molecule is COc1ccc(-c2cnn(C(C)C)c2)cc1CC#N. The Morgan fingerprint density at radius 2 is 2.16 bits per heavy atom. The third-order valence-electron chi connectivity index (χ3n) is 3.01. The monoisotopic (exact) mass is 255 g/mol. The van der Waals surface area contributed by atoms with Crippen LogP contribution in [0.15, 0.2) is 30.6 Å². The largest absolute Gasteiger partial charge is 0.496 e. The lowest BCUT2D eigenvalue weighted by atomic mass is 10.0. The zero-order valence-electron chi connectivity index (χ0n) is 11.4. The van der Waals surface area contributed by atoms with Gasteiger partial charge in [0.1, 0.15) is 5.75 Å². The van der Waals surface area contributed by atoms with Crippen molar-refractivity contribution in [2.75, 3.05) is 7.11 Å². The molecular formula is C15H17N3O. The minimum atomic E-state index is 0.338. The molecule has 0 unspecified atom stereocenters. The van der Waals surface area contributed by atoms with Gasteiger partial charge in [-0.1, -0.05) is 6.07 Å². The van der Waals surface area contributed by atoms with Crippen LogP contribution in [0.5, 0.6) is 5.75 Å². The van der Waals surface area contributed by atoms with Crippen molar-refractivity contribution in [3.8, 4) is 22.9 Å². The smallest absolute Gasteiger partial charge is 0.123 e. The summed E-state index contributed by atoms with van der Waals surface area (Å²) in [6.45, 7) is 4.18. The van der Waals surface area contributed by atoms with E-state index in [-0.39, 0.29) is 0 Å². The summed E-state index contributed by atoms with van der Waals surface area (Å²) in [5.74, 6) is 0.751. The fraction of sp³-hybridized carbons (Fsp3) is 0.333. The Kier molecular flexibility index (Phi) is 3.86. The molecule has 0 fully saturated rings. The molecule has 0 bridgehead atoms. The van der Waals surface area contributed by atoms with Crippen LogP contribution in [0.25, 0.3) is 11.1 Å². The van der Waals surface area contributed by atoms with Gasteiger partial charge in [-0.3, -0.25) is 4.68 Å². The quantitative estimate of drug-likeness (QED) is 0.843. The van der Waals surface area contributed by atoms with Gasteiger partial charge in [0, 0.05) is 23.4 Å². The molecule has 0 atom stereocenters. The second-order valence-electron chi connectivity index (χ2n) is 4.66. The Balaban J connectivity index is 2.39. The van der Waals surface area contributed by atoms with E-state index in [0.717, 1.165) is 22.4 Å². The molecule has 0 aliphatic rings. The Morgan fingerprint density at radius 1 is 1.37 bits per heavy atom. The van der Waals surface area contributed by atoms with Gasteiger partial charge in [0.2, 0.25) is 0 Å². The van der Waals surface area contributed by atoms with Crippen molar-refractivity contribution >= 4 is 0 Å². The third-order valence-corrected chi connectivity index (χ3v) is 3.01. The number of hydrogen-bond acceptors (Lipinski definition) is 3. The van der Waals surface area contributed by atoms with Crippen molar-refractivity contribution in [3.05, 3.63) is 36.2 Å². The van der Waals surface area contributed by atoms with E-state index in [0.29, 0.717) is 12.5 Å². The predicted molar refractivity (Wildman–Crippen MR) is 73.9 cm³/mol. The lowest BCUT2D eigenvalue weighted by Gasteiger charge is -2.07. The molecule has 98 valence electrons. The van der Waals surface area contributed by atoms with Crippen LogP contribution in [0.2, 0.25) is 0 Å². The highest BCUT2D eigenvalue weighted by Crippen LogP contribution is 2.27. The summed E-state index contributed by atoms with van der Waals surface area (Å²) in [5, 5.41) is 13.2. The van der Waals surface area contributed by atoms with Gasteiger partial charge in [-0.15, -0.1) is 0 Å². The highest BCUT2D eigenvalue weighted by atomic mass is 16.5. The minimum absolute atomic E-state index is 0.338. The summed E-state index contributed by atoms with van der Waals surface area (Å²) in [6.07, 6.45) is 4.20. The molecule has 1 aromatic carbocycles. The first-order chi connectivity index (χ1) is 9.15. The summed E-state index contributed by atoms with van der Waals surface area (Å²) in [6, 6.07) is 8.37. The van der Waals surface area contributed by atoms with Crippen LogP contribution in [0, 0.1) is 11.3 Å². The summed E-state index contributed by atoms with van der Waals surface area (Å²) in [4.78, 5) is 0. The number of benzene rings is 1. The maximum absolute atomic E-state index is 8.86. The standard InChI is InChI=1S/C15H17N3O/c1-11(2)18-10-14(9-17-18)12-4-5-15(19-3)13(8-12)6-7-16/h4-5,8-11H,6H2,1-3H3. The van der Waals surface area contributed by atoms with Crippen LogP contribution in [0.4, 0.5) is 0 Å². The molecule has 1 aromatic heterocycles. The number of hydrogen-bond donors (Lipinski definition) is 0. The highest BCUT2D eigenvalue weighted by molar-refractivity contribution is 5.64. The maximum atomic E-state index is 8.86. The average Bonchev–Trinajstić information content (AvgIpc) is 2.89. The molecule has 0 saturated carbocycles. The van der Waals surface area contributed by atoms with Crippen LogP contribution >= 0.6 is 0 Å². The van der Waals surface area contributed by atoms with Crippen molar-refractivity contribution < 1.29 is 4.74 Å². The van der Waals surface area contributed by atoms with Crippen LogP contribution < -0.4 is 4.74 Å². The normalized spacial score (nSPS) is 10.5. The second-order valence-corrected chi connectivity index (χ2v) is 4.66. The van der Waals surface area contributed by atoms with Crippen LogP contribution in [-0.4, -0.2) is 16.9 Å². The summed E-state index contributed by atoms with van der Waals surface area (Å²) < 4.78 is 7.18. The van der Waals surface area contributed by atoms with Gasteiger partial charge in [-0.05, 0) is 31.5 Å². The van der Waals surface area contributed by atoms with Crippen LogP contribution in [0.1, 0.15) is 25.5 Å². The number of ether oxygens (including phenoxy) is 1. The molecule has 4 heteroatoms. The summed E-state index contributed by atoms with van der Waals surface area (Å²) >= 11 is 0. The molecule has 0 aliphatic heterocycles. The van der Waals surface area contributed by atoms with Gasteiger partial charge in [0.05, 0.1) is 25.8 Å². The molecule has 0 saturated heterocycles. The van der Waals surface area contributed by atoms with Crippen LogP contribution in [-0.2, 0) is 6.42 Å². The fourth-order valence-corrected chi connectivity index (χ4v) is 1.95. The van der Waals surface area contributed by atoms with Gasteiger partial charge in [-0.25, -0.2) is 0 Å². The van der Waals surface area contributed by atoms with E-state index in [4.69, 9.17) is 10.00 Å². The molecule has 1 heterocycles. The minimum Gasteiger partial charge on any atom is -0.496 e. The maximum Gasteiger partial charge on any atom is 0.123 e. The number of nitriles is 1. The van der Waals surface area contributed by atoms with Crippen molar-refractivity contribution in [2.45, 2.75) is 26.3 Å². The number of nitrogens with zero attached hydrogens (tertiary/aromatic N) is 3. The molecule has 0 amide bonds. The Morgan fingerprint density at radius 3 is 2.74 bits per heavy atom. The zero-order chi connectivity index (χ0) is 13.8. The van der Waals surface area contributed by atoms with E-state index in [9.17, 15) is 0 Å². The predicted octanol–water partition coefficient (Wildman–Crippen LogP) is 3.21. The fourth-order valence-electron chi connectivity index (χ4n) is 1.95. The zero-order valence-corrected chi connectivity index (χ0v) is 11.4. The van der Waals surface area contributed by atoms with Gasteiger partial charge in [0.25, 0.3) is 0 Å². The van der Waals surface area contributed by atoms with Gasteiger partial charge < -0.3 is 4.74 Å². The molecule has 4 nitrogen and oxygen atoms in total.